The molecule has 5 nitrogen and oxygen atoms in total. The molecule has 0 radical (unpaired) electrons. The van der Waals surface area contributed by atoms with Crippen molar-refractivity contribution in [3.8, 4) is 0 Å². The molecule has 2 aliphatic heterocycles. The van der Waals surface area contributed by atoms with Gasteiger partial charge in [-0.25, -0.2) is 0 Å². The van der Waals surface area contributed by atoms with Gasteiger partial charge < -0.3 is 9.80 Å². The van der Waals surface area contributed by atoms with Crippen LogP contribution in [0.25, 0.3) is 6.08 Å². The predicted molar refractivity (Wildman–Crippen MR) is 99.3 cm³/mol. The second-order valence-electron chi connectivity index (χ2n) is 6.87. The third kappa shape index (κ3) is 3.18. The second-order valence-corrected chi connectivity index (χ2v) is 6.87. The second kappa shape index (κ2) is 6.75. The number of carbonyl (C=O) groups excluding carboxylic acids is 1. The van der Waals surface area contributed by atoms with E-state index in [1.165, 1.54) is 11.3 Å². The molecule has 1 atom stereocenters. The van der Waals surface area contributed by atoms with Gasteiger partial charge in [0.05, 0.1) is 5.69 Å². The summed E-state index contributed by atoms with van der Waals surface area (Å²) in [6.45, 7) is 2.85. The van der Waals surface area contributed by atoms with Crippen LogP contribution >= 0.6 is 0 Å². The maximum atomic E-state index is 12.7. The largest absolute Gasteiger partial charge is 0.369 e. The number of rotatable bonds is 4. The first-order chi connectivity index (χ1) is 12.2. The van der Waals surface area contributed by atoms with Gasteiger partial charge in [0.2, 0.25) is 5.91 Å². The Morgan fingerprint density at radius 1 is 1.28 bits per heavy atom. The fourth-order valence-corrected chi connectivity index (χ4v) is 3.97. The van der Waals surface area contributed by atoms with E-state index in [1.807, 2.05) is 24.1 Å². The first-order valence-corrected chi connectivity index (χ1v) is 9.02. The molecule has 0 aliphatic carbocycles. The number of likely N-dealkylation sites (tertiary alicyclic amines) is 1. The Hall–Kier alpha value is -2.56. The quantitative estimate of drug-likeness (QED) is 0.806. The number of aryl methyl sites for hydroxylation is 1. The van der Waals surface area contributed by atoms with Crippen LogP contribution in [0.15, 0.2) is 42.6 Å². The lowest BCUT2D eigenvalue weighted by Crippen LogP contribution is -2.42. The summed E-state index contributed by atoms with van der Waals surface area (Å²) in [6.07, 6.45) is 8.57. The van der Waals surface area contributed by atoms with Crippen molar-refractivity contribution in [2.45, 2.75) is 25.3 Å². The minimum Gasteiger partial charge on any atom is -0.369 e. The van der Waals surface area contributed by atoms with Gasteiger partial charge in [-0.15, -0.1) is 0 Å². The number of hydrogen-bond donors (Lipinski definition) is 0. The normalized spacial score (nSPS) is 19.8. The average Bonchev–Trinajstić information content (AvgIpc) is 3.34. The van der Waals surface area contributed by atoms with Gasteiger partial charge in [-0.05, 0) is 43.0 Å². The highest BCUT2D eigenvalue weighted by molar-refractivity contribution is 5.92. The van der Waals surface area contributed by atoms with Crippen molar-refractivity contribution in [1.29, 1.82) is 0 Å². The third-order valence-electron chi connectivity index (χ3n) is 5.33. The number of aromatic nitrogens is 2. The molecule has 2 aromatic rings. The number of fused-ring (bicyclic) bond motifs is 1. The lowest BCUT2D eigenvalue weighted by molar-refractivity contribution is -0.126. The molecule has 25 heavy (non-hydrogen) atoms. The maximum absolute atomic E-state index is 12.7. The minimum atomic E-state index is 0.108. The minimum absolute atomic E-state index is 0.108. The molecule has 1 aromatic carbocycles. The number of carbonyl (C=O) groups is 1. The zero-order valence-corrected chi connectivity index (χ0v) is 14.6. The molecule has 0 bridgehead atoms. The molecule has 3 heterocycles. The van der Waals surface area contributed by atoms with Crippen LogP contribution in [0.1, 0.15) is 24.1 Å². The van der Waals surface area contributed by atoms with Crippen LogP contribution in [0.2, 0.25) is 0 Å². The molecule has 130 valence electrons. The van der Waals surface area contributed by atoms with E-state index in [9.17, 15) is 4.79 Å². The third-order valence-corrected chi connectivity index (χ3v) is 5.33. The molecule has 1 saturated heterocycles. The van der Waals surface area contributed by atoms with E-state index in [0.717, 1.165) is 44.6 Å². The molecule has 2 aliphatic rings. The number of benzene rings is 1. The molecular weight excluding hydrogens is 312 g/mol. The van der Waals surface area contributed by atoms with Gasteiger partial charge in [0, 0.05) is 50.7 Å². The van der Waals surface area contributed by atoms with Crippen molar-refractivity contribution in [3.63, 3.8) is 0 Å². The lowest BCUT2D eigenvalue weighted by atomic mass is 10.1. The van der Waals surface area contributed by atoms with Crippen molar-refractivity contribution in [3.05, 3.63) is 53.9 Å². The zero-order chi connectivity index (χ0) is 17.2. The van der Waals surface area contributed by atoms with E-state index in [0.29, 0.717) is 6.04 Å². The van der Waals surface area contributed by atoms with Crippen LogP contribution in [0.3, 0.4) is 0 Å². The summed E-state index contributed by atoms with van der Waals surface area (Å²) >= 11 is 0. The van der Waals surface area contributed by atoms with Crippen LogP contribution in [-0.4, -0.2) is 46.3 Å². The molecule has 1 amide bonds. The fourth-order valence-electron chi connectivity index (χ4n) is 3.97. The molecule has 1 fully saturated rings. The van der Waals surface area contributed by atoms with Gasteiger partial charge >= 0.3 is 0 Å². The van der Waals surface area contributed by atoms with Crippen LogP contribution in [0.5, 0.6) is 0 Å². The number of anilines is 1. The van der Waals surface area contributed by atoms with Gasteiger partial charge in [0.15, 0.2) is 0 Å². The van der Waals surface area contributed by atoms with E-state index in [-0.39, 0.29) is 5.91 Å². The smallest absolute Gasteiger partial charge is 0.246 e. The summed E-state index contributed by atoms with van der Waals surface area (Å²) in [4.78, 5) is 17.1. The molecule has 0 saturated carbocycles. The predicted octanol–water partition coefficient (Wildman–Crippen LogP) is 2.49. The average molecular weight is 336 g/mol. The number of amides is 1. The Kier molecular flexibility index (Phi) is 4.30. The maximum Gasteiger partial charge on any atom is 0.246 e. The van der Waals surface area contributed by atoms with Crippen molar-refractivity contribution in [2.24, 2.45) is 7.05 Å². The SMILES string of the molecule is Cn1nccc1/C=C/C(=O)N1CCCC1CN1CCc2ccccc21. The highest BCUT2D eigenvalue weighted by Gasteiger charge is 2.30. The molecule has 4 rings (SSSR count). The molecule has 1 unspecified atom stereocenters. The lowest BCUT2D eigenvalue weighted by Gasteiger charge is -2.29. The summed E-state index contributed by atoms with van der Waals surface area (Å²) in [5, 5.41) is 4.13. The van der Waals surface area contributed by atoms with E-state index in [2.05, 4.69) is 34.3 Å². The van der Waals surface area contributed by atoms with E-state index in [4.69, 9.17) is 0 Å². The summed E-state index contributed by atoms with van der Waals surface area (Å²) in [6, 6.07) is 10.8. The van der Waals surface area contributed by atoms with Gasteiger partial charge in [0.25, 0.3) is 0 Å². The summed E-state index contributed by atoms with van der Waals surface area (Å²) in [7, 11) is 1.88. The standard InChI is InChI=1S/C20H24N4O/c1-22-17(10-12-21-22)8-9-20(25)24-13-4-6-18(24)15-23-14-11-16-5-2-3-7-19(16)23/h2-3,5,7-10,12,18H,4,6,11,13-15H2,1H3/b9-8+. The Morgan fingerprint density at radius 2 is 2.16 bits per heavy atom. The summed E-state index contributed by atoms with van der Waals surface area (Å²) in [5.74, 6) is 0.108. The van der Waals surface area contributed by atoms with Gasteiger partial charge in [-0.2, -0.15) is 5.10 Å². The van der Waals surface area contributed by atoms with Crippen molar-refractivity contribution in [2.75, 3.05) is 24.5 Å². The van der Waals surface area contributed by atoms with E-state index < -0.39 is 0 Å². The van der Waals surface area contributed by atoms with Crippen molar-refractivity contribution in [1.82, 2.24) is 14.7 Å². The van der Waals surface area contributed by atoms with E-state index >= 15 is 0 Å². The van der Waals surface area contributed by atoms with Crippen molar-refractivity contribution < 1.29 is 4.79 Å². The summed E-state index contributed by atoms with van der Waals surface area (Å²) < 4.78 is 1.77. The monoisotopic (exact) mass is 336 g/mol. The van der Waals surface area contributed by atoms with Crippen LogP contribution in [0, 0.1) is 0 Å². The van der Waals surface area contributed by atoms with Crippen molar-refractivity contribution >= 4 is 17.7 Å². The first kappa shape index (κ1) is 15.9. The Balaban J connectivity index is 1.43. The van der Waals surface area contributed by atoms with Crippen LogP contribution in [0.4, 0.5) is 5.69 Å². The number of hydrogen-bond acceptors (Lipinski definition) is 3. The van der Waals surface area contributed by atoms with Gasteiger partial charge in [-0.1, -0.05) is 18.2 Å². The Morgan fingerprint density at radius 3 is 3.00 bits per heavy atom. The highest BCUT2D eigenvalue weighted by atomic mass is 16.2. The van der Waals surface area contributed by atoms with Crippen LogP contribution in [-0.2, 0) is 18.3 Å². The topological polar surface area (TPSA) is 41.4 Å². The first-order valence-electron chi connectivity index (χ1n) is 9.02. The molecule has 0 spiro atoms. The molecule has 5 heteroatoms. The highest BCUT2D eigenvalue weighted by Crippen LogP contribution is 2.29. The molecular formula is C20H24N4O. The number of nitrogens with zero attached hydrogens (tertiary/aromatic N) is 4. The summed E-state index contributed by atoms with van der Waals surface area (Å²) in [5.41, 5.74) is 3.71. The zero-order valence-electron chi connectivity index (χ0n) is 14.6. The molecule has 1 aromatic heterocycles. The Labute approximate surface area is 148 Å². The Bertz CT molecular complexity index is 794. The van der Waals surface area contributed by atoms with Crippen LogP contribution < -0.4 is 4.90 Å². The molecule has 0 N–H and O–H groups in total. The number of para-hydroxylation sites is 1. The van der Waals surface area contributed by atoms with Gasteiger partial charge in [0.1, 0.15) is 0 Å². The van der Waals surface area contributed by atoms with E-state index in [1.54, 1.807) is 17.0 Å². The van der Waals surface area contributed by atoms with Gasteiger partial charge in [-0.3, -0.25) is 9.48 Å². The fraction of sp³-hybridized carbons (Fsp3) is 0.400.